The van der Waals surface area contributed by atoms with Gasteiger partial charge in [0.15, 0.2) is 0 Å². The van der Waals surface area contributed by atoms with Crippen molar-refractivity contribution in [2.24, 2.45) is 0 Å². The molecular formula is C15H18Cl2N4O2. The van der Waals surface area contributed by atoms with Crippen LogP contribution in [0.1, 0.15) is 29.9 Å². The number of hydrogen-bond donors (Lipinski definition) is 1. The molecular weight excluding hydrogens is 339 g/mol. The van der Waals surface area contributed by atoms with Gasteiger partial charge in [-0.15, -0.1) is 0 Å². The third-order valence-electron chi connectivity index (χ3n) is 2.74. The Hall–Kier alpha value is -1.76. The first-order chi connectivity index (χ1) is 11.0. The Morgan fingerprint density at radius 1 is 1.17 bits per heavy atom. The van der Waals surface area contributed by atoms with Crippen molar-refractivity contribution < 1.29 is 9.90 Å². The standard InChI is InChI=1S/C13H12Cl2N4O2.C2H6/c1-8-2-3-9(6-16-8)19(4-5-20)13(21)10-11(14)17-7-18-12(10)15;1-2/h2-3,6-7,20H,4-5H2,1H3;1-2H3. The zero-order chi connectivity index (χ0) is 17.4. The van der Waals surface area contributed by atoms with Crippen molar-refractivity contribution in [3.05, 3.63) is 46.2 Å². The summed E-state index contributed by atoms with van der Waals surface area (Å²) in [7, 11) is 0. The van der Waals surface area contributed by atoms with Crippen molar-refractivity contribution >= 4 is 34.8 Å². The van der Waals surface area contributed by atoms with Crippen molar-refractivity contribution in [2.45, 2.75) is 20.8 Å². The second-order valence-electron chi connectivity index (χ2n) is 4.17. The Kier molecular flexibility index (Phi) is 7.88. The number of aromatic nitrogens is 3. The molecule has 8 heteroatoms. The molecule has 2 heterocycles. The van der Waals surface area contributed by atoms with Crippen LogP contribution < -0.4 is 4.90 Å². The van der Waals surface area contributed by atoms with Crippen LogP contribution in [0.5, 0.6) is 0 Å². The molecule has 2 aromatic rings. The number of carbonyl (C=O) groups is 1. The second kappa shape index (κ2) is 9.39. The van der Waals surface area contributed by atoms with Gasteiger partial charge >= 0.3 is 0 Å². The van der Waals surface area contributed by atoms with E-state index in [1.165, 1.54) is 17.4 Å². The molecule has 0 spiro atoms. The van der Waals surface area contributed by atoms with Crippen LogP contribution in [0.3, 0.4) is 0 Å². The van der Waals surface area contributed by atoms with Crippen LogP contribution in [-0.2, 0) is 0 Å². The summed E-state index contributed by atoms with van der Waals surface area (Å²) in [6, 6.07) is 3.49. The Morgan fingerprint density at radius 3 is 2.26 bits per heavy atom. The van der Waals surface area contributed by atoms with Crippen LogP contribution in [0.15, 0.2) is 24.7 Å². The first kappa shape index (κ1) is 19.3. The number of anilines is 1. The van der Waals surface area contributed by atoms with E-state index in [0.29, 0.717) is 5.69 Å². The lowest BCUT2D eigenvalue weighted by atomic mass is 10.2. The molecule has 0 saturated heterocycles. The number of amides is 1. The molecule has 2 rings (SSSR count). The highest BCUT2D eigenvalue weighted by atomic mass is 35.5. The average Bonchev–Trinajstić information content (AvgIpc) is 2.55. The summed E-state index contributed by atoms with van der Waals surface area (Å²) in [5, 5.41) is 9.10. The van der Waals surface area contributed by atoms with Gasteiger partial charge in [0.05, 0.1) is 18.5 Å². The molecule has 0 radical (unpaired) electrons. The number of halogens is 2. The summed E-state index contributed by atoms with van der Waals surface area (Å²) in [5.41, 5.74) is 1.33. The highest BCUT2D eigenvalue weighted by molar-refractivity contribution is 6.39. The van der Waals surface area contributed by atoms with E-state index in [0.717, 1.165) is 5.69 Å². The lowest BCUT2D eigenvalue weighted by Crippen LogP contribution is -2.34. The van der Waals surface area contributed by atoms with Gasteiger partial charge in [-0.3, -0.25) is 9.78 Å². The third-order valence-corrected chi connectivity index (χ3v) is 3.32. The maximum Gasteiger partial charge on any atom is 0.264 e. The molecule has 0 aliphatic heterocycles. The lowest BCUT2D eigenvalue weighted by Gasteiger charge is -2.22. The van der Waals surface area contributed by atoms with E-state index in [2.05, 4.69) is 15.0 Å². The summed E-state index contributed by atoms with van der Waals surface area (Å²) in [6.07, 6.45) is 2.71. The highest BCUT2D eigenvalue weighted by Crippen LogP contribution is 2.24. The zero-order valence-electron chi connectivity index (χ0n) is 13.1. The predicted molar refractivity (Wildman–Crippen MR) is 91.1 cm³/mol. The minimum absolute atomic E-state index is 0.00476. The number of pyridine rings is 1. The molecule has 0 saturated carbocycles. The van der Waals surface area contributed by atoms with Crippen molar-refractivity contribution in [1.82, 2.24) is 15.0 Å². The Labute approximate surface area is 145 Å². The number of nitrogens with zero attached hydrogens (tertiary/aromatic N) is 4. The number of aryl methyl sites for hydroxylation is 1. The minimum Gasteiger partial charge on any atom is -0.395 e. The summed E-state index contributed by atoms with van der Waals surface area (Å²) in [5.74, 6) is -0.495. The van der Waals surface area contributed by atoms with Gasteiger partial charge < -0.3 is 10.0 Å². The average molecular weight is 357 g/mol. The van der Waals surface area contributed by atoms with Gasteiger partial charge in [-0.05, 0) is 19.1 Å². The lowest BCUT2D eigenvalue weighted by molar-refractivity contribution is 0.0980. The van der Waals surface area contributed by atoms with Crippen LogP contribution in [0.2, 0.25) is 10.3 Å². The molecule has 0 aliphatic carbocycles. The summed E-state index contributed by atoms with van der Waals surface area (Å²) in [4.78, 5) is 25.6. The van der Waals surface area contributed by atoms with Crippen LogP contribution >= 0.6 is 23.2 Å². The maximum absolute atomic E-state index is 12.6. The van der Waals surface area contributed by atoms with Gasteiger partial charge in [-0.25, -0.2) is 9.97 Å². The van der Waals surface area contributed by atoms with Gasteiger partial charge in [0.2, 0.25) is 0 Å². The molecule has 23 heavy (non-hydrogen) atoms. The molecule has 124 valence electrons. The van der Waals surface area contributed by atoms with Crippen LogP contribution in [0, 0.1) is 6.92 Å². The molecule has 6 nitrogen and oxygen atoms in total. The smallest absolute Gasteiger partial charge is 0.264 e. The fourth-order valence-corrected chi connectivity index (χ4v) is 2.20. The number of aliphatic hydroxyl groups is 1. The zero-order valence-corrected chi connectivity index (χ0v) is 14.6. The van der Waals surface area contributed by atoms with Crippen molar-refractivity contribution in [1.29, 1.82) is 0 Å². The van der Waals surface area contributed by atoms with Gasteiger partial charge in [0.25, 0.3) is 5.91 Å². The number of carbonyl (C=O) groups excluding carboxylic acids is 1. The van der Waals surface area contributed by atoms with Crippen molar-refractivity contribution in [3.8, 4) is 0 Å². The van der Waals surface area contributed by atoms with Gasteiger partial charge in [0.1, 0.15) is 22.2 Å². The van der Waals surface area contributed by atoms with Crippen molar-refractivity contribution in [2.75, 3.05) is 18.1 Å². The van der Waals surface area contributed by atoms with E-state index in [9.17, 15) is 9.90 Å². The molecule has 0 bridgehead atoms. The quantitative estimate of drug-likeness (QED) is 0.851. The maximum atomic E-state index is 12.6. The Balaban J connectivity index is 0.00000127. The SMILES string of the molecule is CC.Cc1ccc(N(CCO)C(=O)c2c(Cl)ncnc2Cl)cn1. The van der Waals surface area contributed by atoms with E-state index in [-0.39, 0.29) is 29.0 Å². The van der Waals surface area contributed by atoms with Crippen molar-refractivity contribution in [3.63, 3.8) is 0 Å². The first-order valence-corrected chi connectivity index (χ1v) is 7.81. The summed E-state index contributed by atoms with van der Waals surface area (Å²) in [6.45, 7) is 5.69. The molecule has 1 N–H and O–H groups in total. The molecule has 0 aliphatic rings. The topological polar surface area (TPSA) is 79.2 Å². The molecule has 0 unspecified atom stereocenters. The summed E-state index contributed by atoms with van der Waals surface area (Å²) >= 11 is 11.8. The van der Waals surface area contributed by atoms with E-state index in [1.54, 1.807) is 12.1 Å². The van der Waals surface area contributed by atoms with E-state index >= 15 is 0 Å². The second-order valence-corrected chi connectivity index (χ2v) is 4.88. The van der Waals surface area contributed by atoms with Crippen LogP contribution in [0.4, 0.5) is 5.69 Å². The van der Waals surface area contributed by atoms with Gasteiger partial charge in [-0.2, -0.15) is 0 Å². The first-order valence-electron chi connectivity index (χ1n) is 7.06. The van der Waals surface area contributed by atoms with E-state index < -0.39 is 5.91 Å². The normalized spacial score (nSPS) is 9.83. The van der Waals surface area contributed by atoms with E-state index in [1.807, 2.05) is 20.8 Å². The fourth-order valence-electron chi connectivity index (χ4n) is 1.72. The minimum atomic E-state index is -0.495. The molecule has 1 amide bonds. The predicted octanol–water partition coefficient (Wildman–Crippen LogP) is 3.15. The summed E-state index contributed by atoms with van der Waals surface area (Å²) < 4.78 is 0. The highest BCUT2D eigenvalue weighted by Gasteiger charge is 2.24. The molecule has 0 atom stereocenters. The monoisotopic (exact) mass is 356 g/mol. The Morgan fingerprint density at radius 2 is 1.78 bits per heavy atom. The number of rotatable bonds is 4. The van der Waals surface area contributed by atoms with Gasteiger partial charge in [0, 0.05) is 12.2 Å². The number of hydrogen-bond acceptors (Lipinski definition) is 5. The van der Waals surface area contributed by atoms with E-state index in [4.69, 9.17) is 23.2 Å². The van der Waals surface area contributed by atoms with Crippen LogP contribution in [-0.4, -0.2) is 39.1 Å². The Bertz CT molecular complexity index is 630. The number of aliphatic hydroxyl groups excluding tert-OH is 1. The molecule has 0 aromatic carbocycles. The van der Waals surface area contributed by atoms with Gasteiger partial charge in [-0.1, -0.05) is 37.0 Å². The fraction of sp³-hybridized carbons (Fsp3) is 0.333. The molecule has 0 fully saturated rings. The van der Waals surface area contributed by atoms with Crippen LogP contribution in [0.25, 0.3) is 0 Å². The largest absolute Gasteiger partial charge is 0.395 e. The molecule has 2 aromatic heterocycles. The third kappa shape index (κ3) is 4.86.